The first-order valence-corrected chi connectivity index (χ1v) is 7.56. The number of hydrogen-bond donors (Lipinski definition) is 3. The maximum absolute atomic E-state index is 12.1. The fourth-order valence-corrected chi connectivity index (χ4v) is 2.11. The molecule has 0 spiro atoms. The monoisotopic (exact) mass is 315 g/mol. The Labute approximate surface area is 135 Å². The molecule has 6 heteroatoms. The molecule has 0 fully saturated rings. The summed E-state index contributed by atoms with van der Waals surface area (Å²) in [5, 5.41) is 8.78. The maximum atomic E-state index is 12.1. The van der Waals surface area contributed by atoms with Gasteiger partial charge < -0.3 is 20.4 Å². The van der Waals surface area contributed by atoms with Crippen molar-refractivity contribution < 1.29 is 14.0 Å². The zero-order chi connectivity index (χ0) is 16.7. The van der Waals surface area contributed by atoms with Crippen LogP contribution < -0.4 is 16.0 Å². The Morgan fingerprint density at radius 3 is 2.70 bits per heavy atom. The average Bonchev–Trinajstić information content (AvgIpc) is 3.08. The molecule has 1 atom stereocenters. The van der Waals surface area contributed by atoms with Crippen molar-refractivity contribution >= 4 is 17.5 Å². The van der Waals surface area contributed by atoms with E-state index < -0.39 is 0 Å². The number of hydrogen-bond acceptors (Lipinski definition) is 4. The molecule has 0 saturated heterocycles. The molecule has 2 rings (SSSR count). The molecule has 0 bridgehead atoms. The van der Waals surface area contributed by atoms with E-state index in [2.05, 4.69) is 16.0 Å². The van der Waals surface area contributed by atoms with Crippen molar-refractivity contribution in [1.82, 2.24) is 10.6 Å². The van der Waals surface area contributed by atoms with Crippen molar-refractivity contribution in [3.63, 3.8) is 0 Å². The van der Waals surface area contributed by atoms with Gasteiger partial charge in [-0.3, -0.25) is 9.59 Å². The third-order valence-electron chi connectivity index (χ3n) is 3.25. The van der Waals surface area contributed by atoms with Gasteiger partial charge in [-0.1, -0.05) is 13.0 Å². The Morgan fingerprint density at radius 2 is 2.00 bits per heavy atom. The number of furan rings is 1. The number of carbonyl (C=O) groups excluding carboxylic acids is 2. The molecule has 23 heavy (non-hydrogen) atoms. The van der Waals surface area contributed by atoms with Gasteiger partial charge in [0.1, 0.15) is 0 Å². The zero-order valence-corrected chi connectivity index (χ0v) is 13.3. The van der Waals surface area contributed by atoms with Gasteiger partial charge in [0.2, 0.25) is 0 Å². The van der Waals surface area contributed by atoms with Gasteiger partial charge in [0.25, 0.3) is 11.8 Å². The molecule has 2 amide bonds. The molecular formula is C17H21N3O3. The Kier molecular flexibility index (Phi) is 5.94. The van der Waals surface area contributed by atoms with Gasteiger partial charge in [0, 0.05) is 23.8 Å². The topological polar surface area (TPSA) is 83.4 Å². The van der Waals surface area contributed by atoms with Crippen LogP contribution in [0.2, 0.25) is 0 Å². The standard InChI is InChI=1S/C17H21N3O3/c1-3-18-12(2)11-19-16(21)13-6-4-7-14(10-13)20-17(22)15-8-5-9-23-15/h4-10,12,18H,3,11H2,1-2H3,(H,19,21)(H,20,22)/t12-/m1/s1. The second-order valence-corrected chi connectivity index (χ2v) is 5.18. The van der Waals surface area contributed by atoms with Crippen LogP contribution in [0.5, 0.6) is 0 Å². The van der Waals surface area contributed by atoms with E-state index in [0.29, 0.717) is 17.8 Å². The van der Waals surface area contributed by atoms with Crippen LogP contribution >= 0.6 is 0 Å². The van der Waals surface area contributed by atoms with Crippen molar-refractivity contribution in [2.45, 2.75) is 19.9 Å². The number of rotatable bonds is 7. The number of nitrogens with one attached hydrogen (secondary N) is 3. The Hall–Kier alpha value is -2.60. The first-order valence-electron chi connectivity index (χ1n) is 7.56. The van der Waals surface area contributed by atoms with E-state index in [1.807, 2.05) is 13.8 Å². The summed E-state index contributed by atoms with van der Waals surface area (Å²) in [5.74, 6) is -0.309. The lowest BCUT2D eigenvalue weighted by Crippen LogP contribution is -2.38. The van der Waals surface area contributed by atoms with Crippen molar-refractivity contribution in [2.75, 3.05) is 18.4 Å². The molecule has 0 saturated carbocycles. The van der Waals surface area contributed by atoms with Gasteiger partial charge in [-0.15, -0.1) is 0 Å². The van der Waals surface area contributed by atoms with Crippen LogP contribution in [0.1, 0.15) is 34.8 Å². The van der Waals surface area contributed by atoms with Crippen molar-refractivity contribution in [1.29, 1.82) is 0 Å². The van der Waals surface area contributed by atoms with E-state index >= 15 is 0 Å². The summed E-state index contributed by atoms with van der Waals surface area (Å²) < 4.78 is 5.03. The summed E-state index contributed by atoms with van der Waals surface area (Å²) in [6.45, 7) is 5.41. The molecule has 0 aliphatic heterocycles. The summed E-state index contributed by atoms with van der Waals surface area (Å²) in [5.41, 5.74) is 1.03. The minimum absolute atomic E-state index is 0.177. The smallest absolute Gasteiger partial charge is 0.291 e. The fourth-order valence-electron chi connectivity index (χ4n) is 2.11. The summed E-state index contributed by atoms with van der Waals surface area (Å²) in [4.78, 5) is 24.1. The predicted octanol–water partition coefficient (Wildman–Crippen LogP) is 2.26. The van der Waals surface area contributed by atoms with Crippen LogP contribution in [-0.4, -0.2) is 30.9 Å². The Morgan fingerprint density at radius 1 is 1.17 bits per heavy atom. The van der Waals surface area contributed by atoms with Crippen LogP contribution in [0.4, 0.5) is 5.69 Å². The summed E-state index contributed by atoms with van der Waals surface area (Å²) >= 11 is 0. The molecule has 3 N–H and O–H groups in total. The molecule has 6 nitrogen and oxygen atoms in total. The molecule has 122 valence electrons. The molecular weight excluding hydrogens is 294 g/mol. The highest BCUT2D eigenvalue weighted by Crippen LogP contribution is 2.12. The summed E-state index contributed by atoms with van der Waals surface area (Å²) in [6, 6.07) is 10.2. The second-order valence-electron chi connectivity index (χ2n) is 5.18. The van der Waals surface area contributed by atoms with Crippen LogP contribution in [0, 0.1) is 0 Å². The SMILES string of the molecule is CCN[C@H](C)CNC(=O)c1cccc(NC(=O)c2ccco2)c1. The first-order chi connectivity index (χ1) is 11.1. The van der Waals surface area contributed by atoms with Crippen LogP contribution in [-0.2, 0) is 0 Å². The third kappa shape index (κ3) is 4.96. The van der Waals surface area contributed by atoms with E-state index in [9.17, 15) is 9.59 Å². The molecule has 1 heterocycles. The van der Waals surface area contributed by atoms with Crippen LogP contribution in [0.15, 0.2) is 47.1 Å². The fraction of sp³-hybridized carbons (Fsp3) is 0.294. The second kappa shape index (κ2) is 8.14. The molecule has 0 radical (unpaired) electrons. The van der Waals surface area contributed by atoms with Gasteiger partial charge in [-0.2, -0.15) is 0 Å². The zero-order valence-electron chi connectivity index (χ0n) is 13.3. The highest BCUT2D eigenvalue weighted by molar-refractivity contribution is 6.03. The average molecular weight is 315 g/mol. The normalized spacial score (nSPS) is 11.7. The number of anilines is 1. The van der Waals surface area contributed by atoms with E-state index in [1.54, 1.807) is 36.4 Å². The van der Waals surface area contributed by atoms with E-state index in [4.69, 9.17) is 4.42 Å². The minimum Gasteiger partial charge on any atom is -0.459 e. The lowest BCUT2D eigenvalue weighted by Gasteiger charge is -2.13. The Bertz CT molecular complexity index is 653. The molecule has 0 unspecified atom stereocenters. The van der Waals surface area contributed by atoms with Gasteiger partial charge in [-0.05, 0) is 43.8 Å². The number of amides is 2. The predicted molar refractivity (Wildman–Crippen MR) is 88.6 cm³/mol. The van der Waals surface area contributed by atoms with Crippen LogP contribution in [0.3, 0.4) is 0 Å². The quantitative estimate of drug-likeness (QED) is 0.732. The van der Waals surface area contributed by atoms with Gasteiger partial charge in [0.05, 0.1) is 6.26 Å². The highest BCUT2D eigenvalue weighted by atomic mass is 16.3. The Balaban J connectivity index is 1.96. The lowest BCUT2D eigenvalue weighted by molar-refractivity contribution is 0.0948. The highest BCUT2D eigenvalue weighted by Gasteiger charge is 2.11. The van der Waals surface area contributed by atoms with Crippen molar-refractivity contribution in [3.8, 4) is 0 Å². The minimum atomic E-state index is -0.353. The number of benzene rings is 1. The van der Waals surface area contributed by atoms with Gasteiger partial charge in [0.15, 0.2) is 5.76 Å². The number of carbonyl (C=O) groups is 2. The van der Waals surface area contributed by atoms with Gasteiger partial charge >= 0.3 is 0 Å². The molecule has 2 aromatic rings. The summed E-state index contributed by atoms with van der Waals surface area (Å²) in [7, 11) is 0. The van der Waals surface area contributed by atoms with E-state index in [-0.39, 0.29) is 23.6 Å². The summed E-state index contributed by atoms with van der Waals surface area (Å²) in [6.07, 6.45) is 1.43. The van der Waals surface area contributed by atoms with Gasteiger partial charge in [-0.25, -0.2) is 0 Å². The number of likely N-dealkylation sites (N-methyl/N-ethyl adjacent to an activating group) is 1. The van der Waals surface area contributed by atoms with Crippen molar-refractivity contribution in [3.05, 3.63) is 54.0 Å². The van der Waals surface area contributed by atoms with Crippen LogP contribution in [0.25, 0.3) is 0 Å². The molecule has 0 aliphatic rings. The lowest BCUT2D eigenvalue weighted by atomic mass is 10.2. The largest absolute Gasteiger partial charge is 0.459 e. The van der Waals surface area contributed by atoms with Crippen molar-refractivity contribution in [2.24, 2.45) is 0 Å². The first kappa shape index (κ1) is 16.8. The molecule has 0 aliphatic carbocycles. The maximum Gasteiger partial charge on any atom is 0.291 e. The third-order valence-corrected chi connectivity index (χ3v) is 3.25. The molecule has 1 aromatic heterocycles. The van der Waals surface area contributed by atoms with E-state index in [0.717, 1.165) is 6.54 Å². The van der Waals surface area contributed by atoms with E-state index in [1.165, 1.54) is 6.26 Å². The molecule has 1 aromatic carbocycles.